The first-order chi connectivity index (χ1) is 7.07. The third-order valence-electron chi connectivity index (χ3n) is 2.37. The Labute approximate surface area is 89.9 Å². The SMILES string of the molecule is CCCCOC(=O)N1CC(=C(C)C)C1=O. The van der Waals surface area contributed by atoms with Gasteiger partial charge in [0.1, 0.15) is 0 Å². The van der Waals surface area contributed by atoms with E-state index in [4.69, 9.17) is 4.74 Å². The lowest BCUT2D eigenvalue weighted by Gasteiger charge is -2.31. The second-order valence-electron chi connectivity index (χ2n) is 3.84. The van der Waals surface area contributed by atoms with Crippen LogP contribution in [0.2, 0.25) is 0 Å². The Bertz CT molecular complexity index is 303. The second-order valence-corrected chi connectivity index (χ2v) is 3.84. The number of hydrogen-bond donors (Lipinski definition) is 0. The average Bonchev–Trinajstić information content (AvgIpc) is 2.15. The van der Waals surface area contributed by atoms with Crippen LogP contribution < -0.4 is 0 Å². The van der Waals surface area contributed by atoms with Gasteiger partial charge in [0.05, 0.1) is 13.2 Å². The molecule has 1 saturated heterocycles. The maximum atomic E-state index is 11.4. The molecular weight excluding hydrogens is 194 g/mol. The molecule has 0 aromatic rings. The van der Waals surface area contributed by atoms with Crippen molar-refractivity contribution >= 4 is 12.0 Å². The van der Waals surface area contributed by atoms with Crippen molar-refractivity contribution < 1.29 is 14.3 Å². The zero-order valence-corrected chi connectivity index (χ0v) is 9.50. The Morgan fingerprint density at radius 1 is 1.47 bits per heavy atom. The van der Waals surface area contributed by atoms with E-state index in [1.165, 1.54) is 0 Å². The smallest absolute Gasteiger partial charge is 0.417 e. The molecule has 0 radical (unpaired) electrons. The van der Waals surface area contributed by atoms with Gasteiger partial charge in [0, 0.05) is 5.57 Å². The van der Waals surface area contributed by atoms with Gasteiger partial charge in [-0.25, -0.2) is 9.69 Å². The average molecular weight is 211 g/mol. The third-order valence-corrected chi connectivity index (χ3v) is 2.37. The fraction of sp³-hybridized carbons (Fsp3) is 0.636. The fourth-order valence-corrected chi connectivity index (χ4v) is 1.27. The minimum absolute atomic E-state index is 0.212. The number of carbonyl (C=O) groups excluding carboxylic acids is 2. The van der Waals surface area contributed by atoms with Gasteiger partial charge in [-0.15, -0.1) is 0 Å². The summed E-state index contributed by atoms with van der Waals surface area (Å²) in [6.45, 7) is 6.54. The summed E-state index contributed by atoms with van der Waals surface area (Å²) >= 11 is 0. The van der Waals surface area contributed by atoms with E-state index in [0.717, 1.165) is 28.9 Å². The molecule has 1 heterocycles. The molecule has 4 heteroatoms. The zero-order valence-electron chi connectivity index (χ0n) is 9.50. The van der Waals surface area contributed by atoms with Crippen LogP contribution in [-0.4, -0.2) is 30.1 Å². The molecule has 1 aliphatic rings. The van der Waals surface area contributed by atoms with Crippen molar-refractivity contribution in [2.75, 3.05) is 13.2 Å². The number of nitrogens with zero attached hydrogens (tertiary/aromatic N) is 1. The maximum absolute atomic E-state index is 11.4. The predicted molar refractivity (Wildman–Crippen MR) is 56.3 cm³/mol. The van der Waals surface area contributed by atoms with Gasteiger partial charge in [-0.05, 0) is 20.3 Å². The quantitative estimate of drug-likeness (QED) is 0.408. The number of imide groups is 1. The molecule has 0 N–H and O–H groups in total. The van der Waals surface area contributed by atoms with Gasteiger partial charge in [0.2, 0.25) is 0 Å². The number of likely N-dealkylation sites (tertiary alicyclic amines) is 1. The highest BCUT2D eigenvalue weighted by atomic mass is 16.6. The van der Waals surface area contributed by atoms with Gasteiger partial charge >= 0.3 is 6.09 Å². The van der Waals surface area contributed by atoms with Gasteiger partial charge in [0.15, 0.2) is 0 Å². The van der Waals surface area contributed by atoms with Crippen LogP contribution in [0.4, 0.5) is 4.79 Å². The van der Waals surface area contributed by atoms with Crippen LogP contribution in [0.3, 0.4) is 0 Å². The lowest BCUT2D eigenvalue weighted by atomic mass is 10.0. The van der Waals surface area contributed by atoms with Gasteiger partial charge in [-0.3, -0.25) is 4.79 Å². The minimum Gasteiger partial charge on any atom is -0.449 e. The van der Waals surface area contributed by atoms with E-state index in [-0.39, 0.29) is 5.91 Å². The maximum Gasteiger partial charge on any atom is 0.417 e. The first kappa shape index (κ1) is 11.8. The molecule has 1 fully saturated rings. The van der Waals surface area contributed by atoms with Crippen LogP contribution in [0.1, 0.15) is 33.6 Å². The first-order valence-electron chi connectivity index (χ1n) is 5.23. The summed E-state index contributed by atoms with van der Waals surface area (Å²) in [4.78, 5) is 23.9. The monoisotopic (exact) mass is 211 g/mol. The van der Waals surface area contributed by atoms with Gasteiger partial charge in [0.25, 0.3) is 5.91 Å². The molecular formula is C11H17NO3. The molecule has 0 aromatic heterocycles. The Balaban J connectivity index is 2.39. The highest BCUT2D eigenvalue weighted by Gasteiger charge is 2.37. The molecule has 15 heavy (non-hydrogen) atoms. The second kappa shape index (κ2) is 4.96. The number of rotatable bonds is 3. The topological polar surface area (TPSA) is 46.6 Å². The van der Waals surface area contributed by atoms with Gasteiger partial charge < -0.3 is 4.74 Å². The van der Waals surface area contributed by atoms with Crippen LogP contribution in [0.15, 0.2) is 11.1 Å². The summed E-state index contributed by atoms with van der Waals surface area (Å²) < 4.78 is 4.93. The van der Waals surface area contributed by atoms with Crippen LogP contribution in [0, 0.1) is 0 Å². The summed E-state index contributed by atoms with van der Waals surface area (Å²) in [6, 6.07) is 0. The van der Waals surface area contributed by atoms with E-state index >= 15 is 0 Å². The van der Waals surface area contributed by atoms with E-state index in [9.17, 15) is 9.59 Å². The number of allylic oxidation sites excluding steroid dienone is 1. The highest BCUT2D eigenvalue weighted by molar-refractivity contribution is 6.09. The lowest BCUT2D eigenvalue weighted by Crippen LogP contribution is -2.50. The molecule has 0 saturated carbocycles. The Morgan fingerprint density at radius 3 is 2.60 bits per heavy atom. The molecule has 0 spiro atoms. The normalized spacial score (nSPS) is 15.0. The molecule has 0 atom stereocenters. The van der Waals surface area contributed by atoms with E-state index in [1.54, 1.807) is 0 Å². The van der Waals surface area contributed by atoms with E-state index < -0.39 is 6.09 Å². The highest BCUT2D eigenvalue weighted by Crippen LogP contribution is 2.20. The van der Waals surface area contributed by atoms with Gasteiger partial charge in [-0.1, -0.05) is 18.9 Å². The Hall–Kier alpha value is -1.32. The number of carbonyl (C=O) groups is 2. The van der Waals surface area contributed by atoms with Crippen molar-refractivity contribution in [3.63, 3.8) is 0 Å². The summed E-state index contributed by atoms with van der Waals surface area (Å²) in [5, 5.41) is 0. The molecule has 0 unspecified atom stereocenters. The molecule has 0 aliphatic carbocycles. The molecule has 1 rings (SSSR count). The van der Waals surface area contributed by atoms with E-state index in [1.807, 2.05) is 20.8 Å². The molecule has 0 bridgehead atoms. The Morgan fingerprint density at radius 2 is 2.13 bits per heavy atom. The van der Waals surface area contributed by atoms with E-state index in [2.05, 4.69) is 0 Å². The molecule has 4 nitrogen and oxygen atoms in total. The van der Waals surface area contributed by atoms with Crippen molar-refractivity contribution in [2.24, 2.45) is 0 Å². The van der Waals surface area contributed by atoms with Crippen molar-refractivity contribution in [1.29, 1.82) is 0 Å². The Kier molecular flexibility index (Phi) is 3.88. The summed E-state index contributed by atoms with van der Waals surface area (Å²) in [5.74, 6) is -0.212. The molecule has 2 amide bonds. The number of β-lactam (4-membered cyclic amide) rings is 1. The van der Waals surface area contributed by atoms with E-state index in [0.29, 0.717) is 13.2 Å². The first-order valence-corrected chi connectivity index (χ1v) is 5.23. The number of hydrogen-bond acceptors (Lipinski definition) is 3. The zero-order chi connectivity index (χ0) is 11.4. The number of unbranched alkanes of at least 4 members (excludes halogenated alkanes) is 1. The third kappa shape index (κ3) is 2.58. The van der Waals surface area contributed by atoms with Crippen LogP contribution >= 0.6 is 0 Å². The van der Waals surface area contributed by atoms with Crippen molar-refractivity contribution in [1.82, 2.24) is 4.90 Å². The summed E-state index contributed by atoms with van der Waals surface area (Å²) in [6.07, 6.45) is 1.29. The number of amides is 2. The van der Waals surface area contributed by atoms with Crippen LogP contribution in [-0.2, 0) is 9.53 Å². The standard InChI is InChI=1S/C11H17NO3/c1-4-5-6-15-11(14)12-7-9(8(2)3)10(12)13/h4-7H2,1-3H3. The summed E-state index contributed by atoms with van der Waals surface area (Å²) in [7, 11) is 0. The van der Waals surface area contributed by atoms with Crippen molar-refractivity contribution in [3.05, 3.63) is 11.1 Å². The molecule has 1 aliphatic heterocycles. The van der Waals surface area contributed by atoms with Crippen LogP contribution in [0.5, 0.6) is 0 Å². The largest absolute Gasteiger partial charge is 0.449 e. The molecule has 84 valence electrons. The van der Waals surface area contributed by atoms with Crippen LogP contribution in [0.25, 0.3) is 0 Å². The lowest BCUT2D eigenvalue weighted by molar-refractivity contribution is -0.130. The molecule has 0 aromatic carbocycles. The van der Waals surface area contributed by atoms with Crippen molar-refractivity contribution in [3.8, 4) is 0 Å². The fourth-order valence-electron chi connectivity index (χ4n) is 1.27. The van der Waals surface area contributed by atoms with Gasteiger partial charge in [-0.2, -0.15) is 0 Å². The predicted octanol–water partition coefficient (Wildman–Crippen LogP) is 2.10. The number of ether oxygens (including phenoxy) is 1. The van der Waals surface area contributed by atoms with Crippen molar-refractivity contribution in [2.45, 2.75) is 33.6 Å². The minimum atomic E-state index is -0.515. The summed E-state index contributed by atoms with van der Waals surface area (Å²) in [5.41, 5.74) is 1.69.